The number of carbonyl (C=O) groups is 2. The van der Waals surface area contributed by atoms with Crippen molar-refractivity contribution in [3.05, 3.63) is 28.7 Å². The molecule has 1 aromatic rings. The Labute approximate surface area is 113 Å². The van der Waals surface area contributed by atoms with E-state index in [0.717, 1.165) is 9.37 Å². The molecule has 0 spiro atoms. The number of carbonyl (C=O) groups excluding carboxylic acids is 1. The van der Waals surface area contributed by atoms with E-state index in [2.05, 4.69) is 15.9 Å². The summed E-state index contributed by atoms with van der Waals surface area (Å²) >= 11 is 3.31. The number of likely N-dealkylation sites (N-methyl/N-ethyl adjacent to an activating group) is 1. The average Bonchev–Trinajstić information content (AvgIpc) is 2.28. The molecular formula is C12H14BrNO4. The largest absolute Gasteiger partial charge is 0.493 e. The number of hydrogen-bond donors (Lipinski definition) is 1. The van der Waals surface area contributed by atoms with Gasteiger partial charge in [-0.2, -0.15) is 0 Å². The highest BCUT2D eigenvalue weighted by molar-refractivity contribution is 9.10. The molecule has 98 valence electrons. The molecule has 1 amide bonds. The summed E-state index contributed by atoms with van der Waals surface area (Å²) in [4.78, 5) is 23.1. The molecule has 5 nitrogen and oxygen atoms in total. The van der Waals surface area contributed by atoms with Crippen molar-refractivity contribution in [3.8, 4) is 5.75 Å². The third kappa shape index (κ3) is 5.18. The van der Waals surface area contributed by atoms with Gasteiger partial charge in [0.25, 0.3) is 0 Å². The molecule has 1 aromatic carbocycles. The molecule has 0 saturated heterocycles. The van der Waals surface area contributed by atoms with E-state index in [9.17, 15) is 9.59 Å². The number of carboxylic acids is 1. The predicted molar refractivity (Wildman–Crippen MR) is 69.5 cm³/mol. The Morgan fingerprint density at radius 1 is 1.44 bits per heavy atom. The highest BCUT2D eigenvalue weighted by Crippen LogP contribution is 2.17. The van der Waals surface area contributed by atoms with Gasteiger partial charge in [0, 0.05) is 11.5 Å². The van der Waals surface area contributed by atoms with Crippen LogP contribution in [0.1, 0.15) is 6.42 Å². The Balaban J connectivity index is 2.33. The monoisotopic (exact) mass is 315 g/mol. The van der Waals surface area contributed by atoms with Crippen LogP contribution < -0.4 is 4.74 Å². The molecule has 0 fully saturated rings. The van der Waals surface area contributed by atoms with Gasteiger partial charge < -0.3 is 14.7 Å². The summed E-state index contributed by atoms with van der Waals surface area (Å²) in [7, 11) is 1.45. The van der Waals surface area contributed by atoms with E-state index >= 15 is 0 Å². The molecule has 0 heterocycles. The fraction of sp³-hybridized carbons (Fsp3) is 0.333. The van der Waals surface area contributed by atoms with E-state index < -0.39 is 5.97 Å². The van der Waals surface area contributed by atoms with Crippen molar-refractivity contribution in [1.82, 2.24) is 4.90 Å². The second-order valence-corrected chi connectivity index (χ2v) is 4.62. The minimum Gasteiger partial charge on any atom is -0.493 e. The summed E-state index contributed by atoms with van der Waals surface area (Å²) in [5, 5.41) is 8.54. The quantitative estimate of drug-likeness (QED) is 0.868. The number of aliphatic carboxylic acids is 1. The predicted octanol–water partition coefficient (Wildman–Crippen LogP) is 1.76. The molecule has 1 N–H and O–H groups in total. The van der Waals surface area contributed by atoms with Gasteiger partial charge >= 0.3 is 5.97 Å². The van der Waals surface area contributed by atoms with Crippen LogP contribution in [0.3, 0.4) is 0 Å². The van der Waals surface area contributed by atoms with Crippen molar-refractivity contribution in [3.63, 3.8) is 0 Å². The van der Waals surface area contributed by atoms with Crippen molar-refractivity contribution in [2.24, 2.45) is 0 Å². The first-order chi connectivity index (χ1) is 8.49. The zero-order valence-electron chi connectivity index (χ0n) is 9.93. The molecular weight excluding hydrogens is 302 g/mol. The summed E-state index contributed by atoms with van der Waals surface area (Å²) in [5.74, 6) is -0.621. The number of halogens is 1. The lowest BCUT2D eigenvalue weighted by Crippen LogP contribution is -2.32. The zero-order valence-corrected chi connectivity index (χ0v) is 11.5. The van der Waals surface area contributed by atoms with Crippen molar-refractivity contribution in [2.45, 2.75) is 6.42 Å². The van der Waals surface area contributed by atoms with Crippen molar-refractivity contribution >= 4 is 27.8 Å². The maximum atomic E-state index is 11.5. The smallest absolute Gasteiger partial charge is 0.323 e. The van der Waals surface area contributed by atoms with E-state index in [-0.39, 0.29) is 25.5 Å². The molecule has 0 radical (unpaired) electrons. The lowest BCUT2D eigenvalue weighted by atomic mass is 10.3. The molecule has 0 atom stereocenters. The summed E-state index contributed by atoms with van der Waals surface area (Å²) in [6, 6.07) is 7.29. The normalized spacial score (nSPS) is 9.89. The maximum absolute atomic E-state index is 11.5. The van der Waals surface area contributed by atoms with E-state index in [4.69, 9.17) is 9.84 Å². The van der Waals surface area contributed by atoms with Gasteiger partial charge in [-0.25, -0.2) is 0 Å². The van der Waals surface area contributed by atoms with Crippen molar-refractivity contribution in [2.75, 3.05) is 20.2 Å². The first-order valence-corrected chi connectivity index (χ1v) is 6.12. The van der Waals surface area contributed by atoms with Crippen LogP contribution in [0, 0.1) is 0 Å². The molecule has 18 heavy (non-hydrogen) atoms. The van der Waals surface area contributed by atoms with E-state index in [0.29, 0.717) is 5.75 Å². The number of carboxylic acid groups (broad SMARTS) is 1. The third-order valence-corrected chi connectivity index (χ3v) is 2.67. The molecule has 0 aromatic heterocycles. The van der Waals surface area contributed by atoms with Crippen molar-refractivity contribution in [1.29, 1.82) is 0 Å². The maximum Gasteiger partial charge on any atom is 0.323 e. The summed E-state index contributed by atoms with van der Waals surface area (Å²) < 4.78 is 6.29. The third-order valence-electron chi connectivity index (χ3n) is 2.18. The average molecular weight is 316 g/mol. The minimum absolute atomic E-state index is 0.149. The van der Waals surface area contributed by atoms with Gasteiger partial charge in [-0.15, -0.1) is 0 Å². The first kappa shape index (κ1) is 14.5. The lowest BCUT2D eigenvalue weighted by Gasteiger charge is -2.14. The molecule has 1 rings (SSSR count). The molecule has 0 saturated carbocycles. The Kier molecular flexibility index (Phi) is 5.64. The number of hydrogen-bond acceptors (Lipinski definition) is 3. The lowest BCUT2D eigenvalue weighted by molar-refractivity contribution is -0.143. The molecule has 0 unspecified atom stereocenters. The van der Waals surface area contributed by atoms with E-state index in [1.54, 1.807) is 12.1 Å². The van der Waals surface area contributed by atoms with Crippen LogP contribution in [-0.4, -0.2) is 42.1 Å². The SMILES string of the molecule is CN(CC(=O)O)C(=O)CCOc1cccc(Br)c1. The molecule has 0 aliphatic carbocycles. The molecule has 0 bridgehead atoms. The Morgan fingerprint density at radius 2 is 2.17 bits per heavy atom. The fourth-order valence-corrected chi connectivity index (χ4v) is 1.67. The Hall–Kier alpha value is -1.56. The second kappa shape index (κ2) is 7.00. The van der Waals surface area contributed by atoms with Gasteiger partial charge in [0.05, 0.1) is 13.0 Å². The second-order valence-electron chi connectivity index (χ2n) is 3.70. The van der Waals surface area contributed by atoms with E-state index in [1.807, 2.05) is 12.1 Å². The van der Waals surface area contributed by atoms with Crippen LogP contribution in [0.2, 0.25) is 0 Å². The van der Waals surface area contributed by atoms with Crippen LogP contribution in [0.25, 0.3) is 0 Å². The highest BCUT2D eigenvalue weighted by atomic mass is 79.9. The van der Waals surface area contributed by atoms with Gasteiger partial charge in [-0.1, -0.05) is 22.0 Å². The van der Waals surface area contributed by atoms with Gasteiger partial charge in [-0.3, -0.25) is 9.59 Å². The van der Waals surface area contributed by atoms with Crippen LogP contribution in [0.4, 0.5) is 0 Å². The number of nitrogens with zero attached hydrogens (tertiary/aromatic N) is 1. The number of rotatable bonds is 6. The van der Waals surface area contributed by atoms with Gasteiger partial charge in [-0.05, 0) is 18.2 Å². The fourth-order valence-electron chi connectivity index (χ4n) is 1.29. The summed E-state index contributed by atoms with van der Waals surface area (Å²) in [5.41, 5.74) is 0. The van der Waals surface area contributed by atoms with Gasteiger partial charge in [0.15, 0.2) is 0 Å². The highest BCUT2D eigenvalue weighted by Gasteiger charge is 2.11. The van der Waals surface area contributed by atoms with Crippen LogP contribution in [-0.2, 0) is 9.59 Å². The topological polar surface area (TPSA) is 66.8 Å². The number of benzene rings is 1. The standard InChI is InChI=1S/C12H14BrNO4/c1-14(8-12(16)17)11(15)5-6-18-10-4-2-3-9(13)7-10/h2-4,7H,5-6,8H2,1H3,(H,16,17). The zero-order chi connectivity index (χ0) is 13.5. The molecule has 0 aliphatic heterocycles. The number of amides is 1. The van der Waals surface area contributed by atoms with Crippen LogP contribution >= 0.6 is 15.9 Å². The molecule has 0 aliphatic rings. The van der Waals surface area contributed by atoms with Crippen LogP contribution in [0.5, 0.6) is 5.75 Å². The van der Waals surface area contributed by atoms with Crippen molar-refractivity contribution < 1.29 is 19.4 Å². The summed E-state index contributed by atoms with van der Waals surface area (Å²) in [6.45, 7) is -0.0744. The molecule has 6 heteroatoms. The summed E-state index contributed by atoms with van der Waals surface area (Å²) in [6.07, 6.45) is 0.149. The Bertz CT molecular complexity index is 436. The minimum atomic E-state index is -1.03. The Morgan fingerprint density at radius 3 is 2.78 bits per heavy atom. The van der Waals surface area contributed by atoms with Gasteiger partial charge in [0.2, 0.25) is 5.91 Å². The van der Waals surface area contributed by atoms with E-state index in [1.165, 1.54) is 7.05 Å². The number of ether oxygens (including phenoxy) is 1. The van der Waals surface area contributed by atoms with Crippen LogP contribution in [0.15, 0.2) is 28.7 Å². The first-order valence-electron chi connectivity index (χ1n) is 5.33. The van der Waals surface area contributed by atoms with Gasteiger partial charge in [0.1, 0.15) is 12.3 Å².